The van der Waals surface area contributed by atoms with E-state index in [2.05, 4.69) is 15.3 Å². The maximum atomic E-state index is 14.0. The first-order valence-corrected chi connectivity index (χ1v) is 9.23. The Bertz CT molecular complexity index is 996. The van der Waals surface area contributed by atoms with E-state index in [0.717, 1.165) is 18.5 Å². The molecular weight excluding hydrogens is 359 g/mol. The number of hydrogen-bond donors (Lipinski definition) is 1. The van der Waals surface area contributed by atoms with Crippen molar-refractivity contribution in [2.45, 2.75) is 18.9 Å². The molecule has 0 radical (unpaired) electrons. The number of fused-ring (bicyclic) bond motifs is 1. The van der Waals surface area contributed by atoms with E-state index in [1.807, 2.05) is 35.2 Å². The van der Waals surface area contributed by atoms with E-state index in [-0.39, 0.29) is 17.7 Å². The Morgan fingerprint density at radius 1 is 1.25 bits per heavy atom. The van der Waals surface area contributed by atoms with Gasteiger partial charge in [-0.1, -0.05) is 30.3 Å². The molecule has 1 aliphatic heterocycles. The van der Waals surface area contributed by atoms with Gasteiger partial charge in [0, 0.05) is 31.0 Å². The second-order valence-electron chi connectivity index (χ2n) is 6.78. The van der Waals surface area contributed by atoms with Crippen LogP contribution in [0.15, 0.2) is 48.8 Å². The van der Waals surface area contributed by atoms with Gasteiger partial charge in [0.05, 0.1) is 18.7 Å². The number of likely N-dealkylation sites (tertiary alicyclic amines) is 1. The van der Waals surface area contributed by atoms with Gasteiger partial charge in [-0.15, -0.1) is 0 Å². The van der Waals surface area contributed by atoms with Crippen molar-refractivity contribution in [3.63, 3.8) is 0 Å². The third kappa shape index (κ3) is 3.60. The number of benzene rings is 2. The van der Waals surface area contributed by atoms with E-state index in [9.17, 15) is 9.18 Å². The number of nitrogens with one attached hydrogen (secondary N) is 1. The van der Waals surface area contributed by atoms with Gasteiger partial charge in [-0.3, -0.25) is 4.79 Å². The van der Waals surface area contributed by atoms with Crippen LogP contribution in [0.25, 0.3) is 10.9 Å². The highest BCUT2D eigenvalue weighted by Crippen LogP contribution is 2.30. The molecule has 1 amide bonds. The minimum atomic E-state index is -0.470. The number of carbonyl (C=O) groups excluding carboxylic acids is 1. The molecule has 0 spiro atoms. The van der Waals surface area contributed by atoms with E-state index in [1.54, 1.807) is 6.07 Å². The average Bonchev–Trinajstić information content (AvgIpc) is 3.12. The van der Waals surface area contributed by atoms with Crippen LogP contribution >= 0.6 is 0 Å². The van der Waals surface area contributed by atoms with Gasteiger partial charge in [0.25, 0.3) is 0 Å². The number of ether oxygens (including phenoxy) is 1. The summed E-state index contributed by atoms with van der Waals surface area (Å²) in [6.07, 6.45) is 2.88. The maximum Gasteiger partial charge on any atom is 0.222 e. The lowest BCUT2D eigenvalue weighted by molar-refractivity contribution is -0.127. The molecule has 144 valence electrons. The molecule has 1 fully saturated rings. The van der Waals surface area contributed by atoms with Crippen molar-refractivity contribution in [3.8, 4) is 5.75 Å². The molecule has 0 aliphatic carbocycles. The molecule has 0 saturated carbocycles. The zero-order chi connectivity index (χ0) is 19.5. The van der Waals surface area contributed by atoms with Crippen molar-refractivity contribution in [2.75, 3.05) is 25.5 Å². The quantitative estimate of drug-likeness (QED) is 0.708. The average molecular weight is 380 g/mol. The fourth-order valence-corrected chi connectivity index (χ4v) is 3.53. The Balaban J connectivity index is 1.71. The number of carbonyl (C=O) groups is 1. The molecule has 1 atom stereocenters. The van der Waals surface area contributed by atoms with Gasteiger partial charge in [0.1, 0.15) is 12.1 Å². The van der Waals surface area contributed by atoms with Crippen LogP contribution in [-0.4, -0.2) is 41.0 Å². The number of nitrogens with zero attached hydrogens (tertiary/aromatic N) is 3. The number of aromatic nitrogens is 2. The summed E-state index contributed by atoms with van der Waals surface area (Å²) in [6.45, 7) is 1.29. The molecule has 28 heavy (non-hydrogen) atoms. The first kappa shape index (κ1) is 18.2. The predicted octanol–water partition coefficient (Wildman–Crippen LogP) is 3.55. The number of hydrogen-bond acceptors (Lipinski definition) is 5. The van der Waals surface area contributed by atoms with Crippen LogP contribution in [0.1, 0.15) is 24.4 Å². The number of halogens is 1. The molecule has 2 heterocycles. The summed E-state index contributed by atoms with van der Waals surface area (Å²) in [5.74, 6) is 0.404. The standard InChI is InChI=1S/C21H21FN4O2/c1-28-19-10-15-17(11-16(19)22)23-13-24-21(15)25-18(14-6-3-2-4-7-14)12-26-9-5-8-20(26)27/h2-4,6-7,10-11,13,18H,5,8-9,12H2,1H3,(H,23,24,25)/t18-/m1/s1. The summed E-state index contributed by atoms with van der Waals surface area (Å²) in [5.41, 5.74) is 1.53. The van der Waals surface area contributed by atoms with Crippen molar-refractivity contribution < 1.29 is 13.9 Å². The van der Waals surface area contributed by atoms with Crippen molar-refractivity contribution >= 4 is 22.6 Å². The minimum absolute atomic E-state index is 0.135. The van der Waals surface area contributed by atoms with Crippen LogP contribution in [0.4, 0.5) is 10.2 Å². The van der Waals surface area contributed by atoms with Crippen LogP contribution < -0.4 is 10.1 Å². The first-order chi connectivity index (χ1) is 13.7. The lowest BCUT2D eigenvalue weighted by Gasteiger charge is -2.26. The van der Waals surface area contributed by atoms with E-state index in [1.165, 1.54) is 19.5 Å². The van der Waals surface area contributed by atoms with Gasteiger partial charge < -0.3 is 15.0 Å². The van der Waals surface area contributed by atoms with Gasteiger partial charge in [0.2, 0.25) is 5.91 Å². The fraction of sp³-hybridized carbons (Fsp3) is 0.286. The maximum absolute atomic E-state index is 14.0. The molecule has 3 aromatic rings. The third-order valence-electron chi connectivity index (χ3n) is 5.00. The Labute approximate surface area is 162 Å². The Hall–Kier alpha value is -3.22. The van der Waals surface area contributed by atoms with E-state index >= 15 is 0 Å². The first-order valence-electron chi connectivity index (χ1n) is 9.23. The Morgan fingerprint density at radius 2 is 2.07 bits per heavy atom. The van der Waals surface area contributed by atoms with Crippen molar-refractivity contribution in [1.82, 2.24) is 14.9 Å². The van der Waals surface area contributed by atoms with E-state index in [0.29, 0.717) is 29.7 Å². The van der Waals surface area contributed by atoms with Crippen LogP contribution in [-0.2, 0) is 4.79 Å². The molecule has 4 rings (SSSR count). The molecule has 0 bridgehead atoms. The second kappa shape index (κ2) is 7.80. The third-order valence-corrected chi connectivity index (χ3v) is 5.00. The van der Waals surface area contributed by atoms with Crippen LogP contribution in [0.3, 0.4) is 0 Å². The Kier molecular flexibility index (Phi) is 5.06. The van der Waals surface area contributed by atoms with Crippen LogP contribution in [0.2, 0.25) is 0 Å². The molecule has 2 aromatic carbocycles. The van der Waals surface area contributed by atoms with Crippen LogP contribution in [0, 0.1) is 5.82 Å². The summed E-state index contributed by atoms with van der Waals surface area (Å²) in [5, 5.41) is 4.10. The largest absolute Gasteiger partial charge is 0.494 e. The SMILES string of the molecule is COc1cc2c(N[C@H](CN3CCCC3=O)c3ccccc3)ncnc2cc1F. The van der Waals surface area contributed by atoms with E-state index in [4.69, 9.17) is 4.74 Å². The van der Waals surface area contributed by atoms with Crippen LogP contribution in [0.5, 0.6) is 5.75 Å². The normalized spacial score (nSPS) is 15.1. The van der Waals surface area contributed by atoms with Gasteiger partial charge in [-0.25, -0.2) is 14.4 Å². The zero-order valence-electron chi connectivity index (χ0n) is 15.6. The van der Waals surface area contributed by atoms with Gasteiger partial charge in [0.15, 0.2) is 11.6 Å². The Morgan fingerprint density at radius 3 is 2.79 bits per heavy atom. The number of anilines is 1. The predicted molar refractivity (Wildman–Crippen MR) is 105 cm³/mol. The highest BCUT2D eigenvalue weighted by Gasteiger charge is 2.25. The minimum Gasteiger partial charge on any atom is -0.494 e. The fourth-order valence-electron chi connectivity index (χ4n) is 3.53. The van der Waals surface area contributed by atoms with Crippen molar-refractivity contribution in [2.24, 2.45) is 0 Å². The second-order valence-corrected chi connectivity index (χ2v) is 6.78. The lowest BCUT2D eigenvalue weighted by atomic mass is 10.1. The summed E-state index contributed by atoms with van der Waals surface area (Å²) in [4.78, 5) is 22.5. The molecule has 1 aliphatic rings. The molecule has 7 heteroatoms. The summed E-state index contributed by atoms with van der Waals surface area (Å²) >= 11 is 0. The summed E-state index contributed by atoms with van der Waals surface area (Å²) < 4.78 is 19.2. The molecule has 1 N–H and O–H groups in total. The highest BCUT2D eigenvalue weighted by molar-refractivity contribution is 5.90. The molecule has 1 saturated heterocycles. The summed E-state index contributed by atoms with van der Waals surface area (Å²) in [6, 6.07) is 12.7. The van der Waals surface area contributed by atoms with Crippen molar-refractivity contribution in [3.05, 3.63) is 60.2 Å². The molecule has 6 nitrogen and oxygen atoms in total. The number of rotatable bonds is 6. The van der Waals surface area contributed by atoms with E-state index < -0.39 is 5.82 Å². The van der Waals surface area contributed by atoms with Gasteiger partial charge >= 0.3 is 0 Å². The smallest absolute Gasteiger partial charge is 0.222 e. The van der Waals surface area contributed by atoms with Crippen molar-refractivity contribution in [1.29, 1.82) is 0 Å². The van der Waals surface area contributed by atoms with Gasteiger partial charge in [-0.2, -0.15) is 0 Å². The zero-order valence-corrected chi connectivity index (χ0v) is 15.6. The molecule has 0 unspecified atom stereocenters. The van der Waals surface area contributed by atoms with Gasteiger partial charge in [-0.05, 0) is 18.1 Å². The number of methoxy groups -OCH3 is 1. The summed E-state index contributed by atoms with van der Waals surface area (Å²) in [7, 11) is 1.42. The highest BCUT2D eigenvalue weighted by atomic mass is 19.1. The number of amides is 1. The molecular formula is C21H21FN4O2. The monoisotopic (exact) mass is 380 g/mol. The molecule has 1 aromatic heterocycles. The lowest BCUT2D eigenvalue weighted by Crippen LogP contribution is -2.32. The topological polar surface area (TPSA) is 67.3 Å².